The molecule has 3 nitrogen and oxygen atoms in total. The molecule has 0 fully saturated rings. The van der Waals surface area contributed by atoms with Crippen molar-refractivity contribution in [2.24, 2.45) is 0 Å². The van der Waals surface area contributed by atoms with Gasteiger partial charge in [-0.1, -0.05) is 103 Å². The van der Waals surface area contributed by atoms with Crippen LogP contribution in [0.3, 0.4) is 0 Å². The lowest BCUT2D eigenvalue weighted by molar-refractivity contribution is -0.138. The Labute approximate surface area is 168 Å². The fraction of sp³-hybridized carbons (Fsp3) is 0.955. The maximum Gasteiger partial charge on any atom is 0.317 e. The molecular weight excluding hydrogens is 342 g/mol. The van der Waals surface area contributed by atoms with E-state index in [4.69, 9.17) is 5.11 Å². The van der Waals surface area contributed by atoms with E-state index in [2.05, 4.69) is 19.6 Å². The highest BCUT2D eigenvalue weighted by molar-refractivity contribution is 7.80. The SMILES string of the molecule is CCCCCCCCCCCCCCCCCCN(CCS)CC(=O)O. The Morgan fingerprint density at radius 1 is 0.692 bits per heavy atom. The van der Waals surface area contributed by atoms with Crippen LogP contribution in [-0.4, -0.2) is 41.4 Å². The van der Waals surface area contributed by atoms with Gasteiger partial charge in [0, 0.05) is 12.3 Å². The van der Waals surface area contributed by atoms with E-state index < -0.39 is 5.97 Å². The summed E-state index contributed by atoms with van der Waals surface area (Å²) in [6.07, 6.45) is 21.9. The third-order valence-electron chi connectivity index (χ3n) is 5.10. The molecule has 26 heavy (non-hydrogen) atoms. The smallest absolute Gasteiger partial charge is 0.317 e. The first kappa shape index (κ1) is 25.8. The average Bonchev–Trinajstić information content (AvgIpc) is 2.61. The molecule has 156 valence electrons. The molecule has 1 N–H and O–H groups in total. The van der Waals surface area contributed by atoms with Crippen LogP contribution in [0, 0.1) is 0 Å². The van der Waals surface area contributed by atoms with Crippen LogP contribution in [0.1, 0.15) is 110 Å². The first-order valence-corrected chi connectivity index (χ1v) is 11.9. The van der Waals surface area contributed by atoms with Gasteiger partial charge >= 0.3 is 5.97 Å². The molecule has 0 heterocycles. The highest BCUT2D eigenvalue weighted by Crippen LogP contribution is 2.13. The Bertz CT molecular complexity index is 300. The number of hydrogen-bond acceptors (Lipinski definition) is 3. The Kier molecular flexibility index (Phi) is 20.9. The Morgan fingerprint density at radius 3 is 1.42 bits per heavy atom. The van der Waals surface area contributed by atoms with Gasteiger partial charge in [-0.3, -0.25) is 9.69 Å². The molecule has 0 saturated heterocycles. The van der Waals surface area contributed by atoms with E-state index in [9.17, 15) is 4.79 Å². The van der Waals surface area contributed by atoms with Gasteiger partial charge in [0.05, 0.1) is 6.54 Å². The van der Waals surface area contributed by atoms with Crippen molar-refractivity contribution in [3.05, 3.63) is 0 Å². The molecule has 0 aliphatic heterocycles. The molecular formula is C22H45NO2S. The van der Waals surface area contributed by atoms with Crippen molar-refractivity contribution in [1.29, 1.82) is 0 Å². The largest absolute Gasteiger partial charge is 0.480 e. The Hall–Kier alpha value is -0.220. The second kappa shape index (κ2) is 21.1. The van der Waals surface area contributed by atoms with Gasteiger partial charge < -0.3 is 5.11 Å². The topological polar surface area (TPSA) is 40.5 Å². The van der Waals surface area contributed by atoms with Gasteiger partial charge in [-0.15, -0.1) is 0 Å². The molecule has 0 aromatic rings. The van der Waals surface area contributed by atoms with Crippen molar-refractivity contribution < 1.29 is 9.90 Å². The summed E-state index contributed by atoms with van der Waals surface area (Å²) in [6, 6.07) is 0. The van der Waals surface area contributed by atoms with E-state index in [0.717, 1.165) is 25.3 Å². The van der Waals surface area contributed by atoms with Gasteiger partial charge in [0.15, 0.2) is 0 Å². The van der Waals surface area contributed by atoms with Crippen molar-refractivity contribution in [3.63, 3.8) is 0 Å². The fourth-order valence-corrected chi connectivity index (χ4v) is 3.77. The van der Waals surface area contributed by atoms with Gasteiger partial charge in [0.2, 0.25) is 0 Å². The molecule has 0 unspecified atom stereocenters. The van der Waals surface area contributed by atoms with Gasteiger partial charge in [-0.05, 0) is 13.0 Å². The van der Waals surface area contributed by atoms with E-state index in [1.807, 2.05) is 4.90 Å². The molecule has 0 atom stereocenters. The van der Waals surface area contributed by atoms with E-state index in [1.165, 1.54) is 96.3 Å². The number of carbonyl (C=O) groups is 1. The highest BCUT2D eigenvalue weighted by Gasteiger charge is 2.07. The number of carboxylic acid groups (broad SMARTS) is 1. The van der Waals surface area contributed by atoms with Crippen LogP contribution >= 0.6 is 12.6 Å². The van der Waals surface area contributed by atoms with Crippen LogP contribution in [0.4, 0.5) is 0 Å². The molecule has 0 amide bonds. The average molecular weight is 388 g/mol. The summed E-state index contributed by atoms with van der Waals surface area (Å²) in [7, 11) is 0. The van der Waals surface area contributed by atoms with Crippen molar-refractivity contribution in [3.8, 4) is 0 Å². The minimum atomic E-state index is -0.733. The Morgan fingerprint density at radius 2 is 1.08 bits per heavy atom. The van der Waals surface area contributed by atoms with Gasteiger partial charge in [-0.25, -0.2) is 0 Å². The zero-order valence-corrected chi connectivity index (χ0v) is 18.3. The molecule has 0 aliphatic carbocycles. The molecule has 0 spiro atoms. The summed E-state index contributed by atoms with van der Waals surface area (Å²) in [5.41, 5.74) is 0. The zero-order chi connectivity index (χ0) is 19.3. The van der Waals surface area contributed by atoms with Crippen LogP contribution < -0.4 is 0 Å². The summed E-state index contributed by atoms with van der Waals surface area (Å²) in [5.74, 6) is -0.00477. The zero-order valence-electron chi connectivity index (χ0n) is 17.4. The van der Waals surface area contributed by atoms with Gasteiger partial charge in [0.25, 0.3) is 0 Å². The molecule has 0 radical (unpaired) electrons. The normalized spacial score (nSPS) is 11.3. The van der Waals surface area contributed by atoms with Crippen LogP contribution in [0.5, 0.6) is 0 Å². The van der Waals surface area contributed by atoms with Crippen LogP contribution in [-0.2, 0) is 4.79 Å². The maximum atomic E-state index is 10.8. The van der Waals surface area contributed by atoms with Crippen molar-refractivity contribution in [2.75, 3.05) is 25.4 Å². The number of rotatable bonds is 21. The number of hydrogen-bond donors (Lipinski definition) is 2. The third-order valence-corrected chi connectivity index (χ3v) is 5.30. The number of carboxylic acids is 1. The lowest BCUT2D eigenvalue weighted by Gasteiger charge is -2.18. The third kappa shape index (κ3) is 20.1. The van der Waals surface area contributed by atoms with E-state index in [-0.39, 0.29) is 6.54 Å². The van der Waals surface area contributed by atoms with Crippen molar-refractivity contribution >= 4 is 18.6 Å². The van der Waals surface area contributed by atoms with Gasteiger partial charge in [-0.2, -0.15) is 12.6 Å². The van der Waals surface area contributed by atoms with Crippen molar-refractivity contribution in [2.45, 2.75) is 110 Å². The molecule has 0 aliphatic rings. The summed E-state index contributed by atoms with van der Waals surface area (Å²) < 4.78 is 0. The molecule has 0 aromatic carbocycles. The van der Waals surface area contributed by atoms with Crippen LogP contribution in [0.15, 0.2) is 0 Å². The predicted molar refractivity (Wildman–Crippen MR) is 117 cm³/mol. The molecule has 0 bridgehead atoms. The molecule has 0 rings (SSSR count). The number of aliphatic carboxylic acids is 1. The molecule has 0 aromatic heterocycles. The lowest BCUT2D eigenvalue weighted by Crippen LogP contribution is -2.32. The quantitative estimate of drug-likeness (QED) is 0.173. The van der Waals surface area contributed by atoms with E-state index >= 15 is 0 Å². The molecule has 0 saturated carbocycles. The van der Waals surface area contributed by atoms with Crippen LogP contribution in [0.2, 0.25) is 0 Å². The minimum Gasteiger partial charge on any atom is -0.480 e. The fourth-order valence-electron chi connectivity index (χ4n) is 3.49. The summed E-state index contributed by atoms with van der Waals surface area (Å²) in [4.78, 5) is 12.8. The first-order valence-electron chi connectivity index (χ1n) is 11.3. The summed E-state index contributed by atoms with van der Waals surface area (Å²) in [6.45, 7) is 4.10. The number of nitrogens with zero attached hydrogens (tertiary/aromatic N) is 1. The first-order chi connectivity index (χ1) is 12.7. The number of thiol groups is 1. The van der Waals surface area contributed by atoms with Gasteiger partial charge in [0.1, 0.15) is 0 Å². The highest BCUT2D eigenvalue weighted by atomic mass is 32.1. The standard InChI is InChI=1S/C22H45NO2S/c1-2-3-4-5-6-7-8-9-10-11-12-13-14-15-16-17-18-23(19-20-26)21-22(24)25/h26H,2-21H2,1H3,(H,24,25). The summed E-state index contributed by atoms with van der Waals surface area (Å²) in [5, 5.41) is 8.88. The Balaban J connectivity index is 3.22. The lowest BCUT2D eigenvalue weighted by atomic mass is 10.0. The summed E-state index contributed by atoms with van der Waals surface area (Å²) >= 11 is 4.20. The van der Waals surface area contributed by atoms with E-state index in [1.54, 1.807) is 0 Å². The predicted octanol–water partition coefficient (Wildman–Crippen LogP) is 6.56. The van der Waals surface area contributed by atoms with E-state index in [0.29, 0.717) is 0 Å². The second-order valence-corrected chi connectivity index (χ2v) is 8.14. The van der Waals surface area contributed by atoms with Crippen molar-refractivity contribution in [1.82, 2.24) is 4.90 Å². The number of unbranched alkanes of at least 4 members (excludes halogenated alkanes) is 15. The second-order valence-electron chi connectivity index (χ2n) is 7.70. The molecule has 4 heteroatoms. The van der Waals surface area contributed by atoms with Crippen LogP contribution in [0.25, 0.3) is 0 Å². The minimum absolute atomic E-state index is 0.152. The monoisotopic (exact) mass is 387 g/mol. The maximum absolute atomic E-state index is 10.8.